The van der Waals surface area contributed by atoms with Gasteiger partial charge in [-0.3, -0.25) is 4.79 Å². The van der Waals surface area contributed by atoms with Crippen LogP contribution < -0.4 is 5.56 Å². The summed E-state index contributed by atoms with van der Waals surface area (Å²) in [5.74, 6) is -0.855. The Balaban J connectivity index is 2.14. The van der Waals surface area contributed by atoms with Crippen molar-refractivity contribution in [1.29, 1.82) is 0 Å². The van der Waals surface area contributed by atoms with Gasteiger partial charge in [0.2, 0.25) is 0 Å². The van der Waals surface area contributed by atoms with Crippen LogP contribution in [0.2, 0.25) is 0 Å². The van der Waals surface area contributed by atoms with E-state index in [0.717, 1.165) is 22.5 Å². The molecular weight excluding hydrogens is 348 g/mol. The predicted octanol–water partition coefficient (Wildman–Crippen LogP) is 4.04. The molecule has 0 bridgehead atoms. The van der Waals surface area contributed by atoms with E-state index < -0.39 is 11.5 Å². The molecule has 1 aromatic carbocycles. The highest BCUT2D eigenvalue weighted by molar-refractivity contribution is 7.20. The number of hydrogen-bond acceptors (Lipinski definition) is 4. The van der Waals surface area contributed by atoms with Gasteiger partial charge in [-0.2, -0.15) is 0 Å². The predicted molar refractivity (Wildman–Crippen MR) is 96.8 cm³/mol. The zero-order valence-corrected chi connectivity index (χ0v) is 14.5. The minimum Gasteiger partial charge on any atom is -0.477 e. The van der Waals surface area contributed by atoms with Crippen LogP contribution in [-0.4, -0.2) is 21.0 Å². The Morgan fingerprint density at radius 1 is 1.38 bits per heavy atom. The van der Waals surface area contributed by atoms with Crippen LogP contribution in [0.4, 0.5) is 0 Å². The lowest BCUT2D eigenvalue weighted by molar-refractivity contribution is 0.0701. The van der Waals surface area contributed by atoms with Crippen LogP contribution in [0, 0.1) is 13.8 Å². The minimum atomic E-state index is -1.07. The van der Waals surface area contributed by atoms with Crippen molar-refractivity contribution in [3.05, 3.63) is 62.0 Å². The minimum absolute atomic E-state index is 0.110. The quantitative estimate of drug-likeness (QED) is 0.738. The molecule has 0 unspecified atom stereocenters. The summed E-state index contributed by atoms with van der Waals surface area (Å²) in [6.07, 6.45) is 1.71. The molecule has 0 saturated carbocycles. The fourth-order valence-electron chi connectivity index (χ4n) is 2.44. The zero-order valence-electron chi connectivity index (χ0n) is 12.9. The van der Waals surface area contributed by atoms with Crippen molar-refractivity contribution in [3.63, 3.8) is 0 Å². The van der Waals surface area contributed by atoms with Crippen LogP contribution in [0.15, 0.2) is 29.1 Å². The van der Waals surface area contributed by atoms with Gasteiger partial charge in [0.1, 0.15) is 9.71 Å². The summed E-state index contributed by atoms with van der Waals surface area (Å²) in [5, 5.41) is 9.76. The molecule has 24 heavy (non-hydrogen) atoms. The number of carboxylic acid groups (broad SMARTS) is 1. The maximum Gasteiger partial charge on any atom is 0.346 e. The molecule has 2 N–H and O–H groups in total. The number of carbonyl (C=O) groups is 1. The summed E-state index contributed by atoms with van der Waals surface area (Å²) in [4.78, 5) is 30.9. The first-order chi connectivity index (χ1) is 11.4. The van der Waals surface area contributed by atoms with Crippen molar-refractivity contribution in [1.82, 2.24) is 9.97 Å². The molecule has 0 aliphatic rings. The highest BCUT2D eigenvalue weighted by atomic mass is 35.5. The maximum atomic E-state index is 12.3. The van der Waals surface area contributed by atoms with Gasteiger partial charge in [-0.1, -0.05) is 41.4 Å². The number of H-pyrrole nitrogens is 1. The Hall–Kier alpha value is -2.44. The normalized spacial score (nSPS) is 11.9. The van der Waals surface area contributed by atoms with Crippen LogP contribution in [0.1, 0.15) is 32.2 Å². The number of benzene rings is 1. The molecule has 2 aromatic heterocycles. The molecule has 122 valence electrons. The molecule has 2 heterocycles. The molecule has 0 radical (unpaired) electrons. The number of aromatic amines is 1. The molecule has 7 heteroatoms. The van der Waals surface area contributed by atoms with E-state index in [4.69, 9.17) is 11.6 Å². The number of carboxylic acids is 1. The van der Waals surface area contributed by atoms with Crippen molar-refractivity contribution >= 4 is 50.2 Å². The van der Waals surface area contributed by atoms with E-state index in [1.54, 1.807) is 13.0 Å². The van der Waals surface area contributed by atoms with Gasteiger partial charge in [-0.15, -0.1) is 11.3 Å². The molecule has 3 rings (SSSR count). The van der Waals surface area contributed by atoms with Crippen molar-refractivity contribution in [2.75, 3.05) is 0 Å². The largest absolute Gasteiger partial charge is 0.477 e. The summed E-state index contributed by atoms with van der Waals surface area (Å²) in [7, 11) is 0. The molecular formula is C17H13ClN2O3S. The van der Waals surface area contributed by atoms with E-state index in [0.29, 0.717) is 15.8 Å². The Bertz CT molecular complexity index is 1050. The van der Waals surface area contributed by atoms with Crippen LogP contribution >= 0.6 is 22.9 Å². The van der Waals surface area contributed by atoms with E-state index in [9.17, 15) is 14.7 Å². The number of rotatable bonds is 3. The number of hydrogen-bond donors (Lipinski definition) is 2. The lowest BCUT2D eigenvalue weighted by atomic mass is 10.1. The average Bonchev–Trinajstić information content (AvgIpc) is 2.85. The van der Waals surface area contributed by atoms with E-state index in [1.165, 1.54) is 0 Å². The van der Waals surface area contributed by atoms with E-state index in [1.807, 2.05) is 31.2 Å². The van der Waals surface area contributed by atoms with E-state index in [2.05, 4.69) is 9.97 Å². The summed E-state index contributed by atoms with van der Waals surface area (Å²) < 4.78 is 0. The zero-order chi connectivity index (χ0) is 17.4. The molecule has 0 amide bonds. The second-order valence-corrected chi connectivity index (χ2v) is 6.77. The van der Waals surface area contributed by atoms with Gasteiger partial charge in [0.15, 0.2) is 5.82 Å². The molecule has 3 aromatic rings. The Kier molecular flexibility index (Phi) is 4.26. The average molecular weight is 361 g/mol. The fourth-order valence-corrected chi connectivity index (χ4v) is 3.67. The number of nitrogens with zero attached hydrogens (tertiary/aromatic N) is 1. The Morgan fingerprint density at radius 2 is 2.12 bits per heavy atom. The molecule has 0 atom stereocenters. The monoisotopic (exact) mass is 360 g/mol. The molecule has 0 aliphatic heterocycles. The number of halogens is 1. The smallest absolute Gasteiger partial charge is 0.346 e. The van der Waals surface area contributed by atoms with Crippen molar-refractivity contribution in [2.24, 2.45) is 0 Å². The number of fused-ring (bicyclic) bond motifs is 1. The SMILES string of the molecule is Cc1cccc(/C=C(\Cl)c2nc3sc(C(=O)O)c(C)c3c(=O)[nH]2)c1. The van der Waals surface area contributed by atoms with Gasteiger partial charge in [0.25, 0.3) is 5.56 Å². The fraction of sp³-hybridized carbons (Fsp3) is 0.118. The first-order valence-corrected chi connectivity index (χ1v) is 8.27. The second kappa shape index (κ2) is 6.22. The highest BCUT2D eigenvalue weighted by Gasteiger charge is 2.19. The van der Waals surface area contributed by atoms with Crippen molar-refractivity contribution in [2.45, 2.75) is 13.8 Å². The van der Waals surface area contributed by atoms with Gasteiger partial charge in [0, 0.05) is 0 Å². The third kappa shape index (κ3) is 2.98. The molecule has 0 fully saturated rings. The van der Waals surface area contributed by atoms with Gasteiger partial charge >= 0.3 is 5.97 Å². The topological polar surface area (TPSA) is 83.0 Å². The number of thiophene rings is 1. The van der Waals surface area contributed by atoms with Gasteiger partial charge < -0.3 is 10.1 Å². The first-order valence-electron chi connectivity index (χ1n) is 7.08. The molecule has 0 spiro atoms. The Morgan fingerprint density at radius 3 is 2.79 bits per heavy atom. The Labute approximate surface area is 146 Å². The molecule has 0 aliphatic carbocycles. The van der Waals surface area contributed by atoms with Crippen molar-refractivity contribution in [3.8, 4) is 0 Å². The van der Waals surface area contributed by atoms with Crippen molar-refractivity contribution < 1.29 is 9.90 Å². The molecule has 0 saturated heterocycles. The van der Waals surface area contributed by atoms with Gasteiger partial charge in [-0.05, 0) is 31.1 Å². The van der Waals surface area contributed by atoms with E-state index in [-0.39, 0.29) is 15.7 Å². The maximum absolute atomic E-state index is 12.3. The first kappa shape index (κ1) is 16.4. The summed E-state index contributed by atoms with van der Waals surface area (Å²) in [6, 6.07) is 7.73. The van der Waals surface area contributed by atoms with Crippen LogP contribution in [0.5, 0.6) is 0 Å². The van der Waals surface area contributed by atoms with Crippen LogP contribution in [-0.2, 0) is 0 Å². The number of nitrogens with one attached hydrogen (secondary N) is 1. The second-order valence-electron chi connectivity index (χ2n) is 5.36. The standard InChI is InChI=1S/C17H13ClN2O3S/c1-8-4-3-5-10(6-8)7-11(18)14-19-15(21)12-9(2)13(17(22)23)24-16(12)20-14/h3-7H,1-2H3,(H,22,23)(H,19,20,21)/b11-7-. The lowest BCUT2D eigenvalue weighted by Crippen LogP contribution is -2.10. The van der Waals surface area contributed by atoms with Crippen LogP contribution in [0.25, 0.3) is 21.3 Å². The summed E-state index contributed by atoms with van der Waals surface area (Å²) in [5.41, 5.74) is 2.00. The molecule has 5 nitrogen and oxygen atoms in total. The van der Waals surface area contributed by atoms with Crippen LogP contribution in [0.3, 0.4) is 0 Å². The van der Waals surface area contributed by atoms with Gasteiger partial charge in [-0.25, -0.2) is 9.78 Å². The van der Waals surface area contributed by atoms with E-state index >= 15 is 0 Å². The third-order valence-electron chi connectivity index (χ3n) is 3.56. The number of aromatic carboxylic acids is 1. The number of aromatic nitrogens is 2. The third-order valence-corrected chi connectivity index (χ3v) is 5.02. The summed E-state index contributed by atoms with van der Waals surface area (Å²) >= 11 is 7.26. The number of aryl methyl sites for hydroxylation is 2. The van der Waals surface area contributed by atoms with Gasteiger partial charge in [0.05, 0.1) is 10.4 Å². The summed E-state index contributed by atoms with van der Waals surface area (Å²) in [6.45, 7) is 3.57. The highest BCUT2D eigenvalue weighted by Crippen LogP contribution is 2.28. The lowest BCUT2D eigenvalue weighted by Gasteiger charge is -2.01.